The molecule has 6 nitrogen and oxygen atoms in total. The Bertz CT molecular complexity index is 1030. The third-order valence-electron chi connectivity index (χ3n) is 4.17. The van der Waals surface area contributed by atoms with Gasteiger partial charge in [0.05, 0.1) is 23.0 Å². The van der Waals surface area contributed by atoms with E-state index in [1.165, 1.54) is 6.07 Å². The number of nitrogens with one attached hydrogen (secondary N) is 1. The number of amides is 2. The highest BCUT2D eigenvalue weighted by Gasteiger charge is 2.33. The Morgan fingerprint density at radius 2 is 1.93 bits per heavy atom. The molecule has 30 heavy (non-hydrogen) atoms. The van der Waals surface area contributed by atoms with Crippen molar-refractivity contribution in [3.05, 3.63) is 53.1 Å². The molecule has 1 aliphatic rings. The minimum atomic E-state index is -4.57. The van der Waals surface area contributed by atoms with Gasteiger partial charge in [0.2, 0.25) is 5.91 Å². The van der Waals surface area contributed by atoms with Gasteiger partial charge in [0.1, 0.15) is 23.3 Å². The van der Waals surface area contributed by atoms with E-state index in [9.17, 15) is 28.0 Å². The third-order valence-corrected chi connectivity index (χ3v) is 5.15. The van der Waals surface area contributed by atoms with Crippen molar-refractivity contribution in [2.24, 2.45) is 0 Å². The van der Waals surface area contributed by atoms with Crippen molar-refractivity contribution in [3.8, 4) is 23.3 Å². The average Bonchev–Trinajstić information content (AvgIpc) is 3.00. The van der Waals surface area contributed by atoms with Crippen LogP contribution in [0.3, 0.4) is 0 Å². The molecular weight excluding hydrogens is 421 g/mol. The quantitative estimate of drug-likeness (QED) is 0.709. The first-order valence-corrected chi connectivity index (χ1v) is 9.65. The number of ether oxygens (including phenoxy) is 2. The minimum Gasteiger partial charge on any atom is -0.493 e. The van der Waals surface area contributed by atoms with Gasteiger partial charge in [-0.1, -0.05) is 17.8 Å². The van der Waals surface area contributed by atoms with Crippen LogP contribution in [-0.4, -0.2) is 23.0 Å². The zero-order chi connectivity index (χ0) is 21.9. The monoisotopic (exact) mass is 436 g/mol. The number of nitrogens with zero attached hydrogens (tertiary/aromatic N) is 1. The van der Waals surface area contributed by atoms with E-state index in [0.717, 1.165) is 30.0 Å². The number of hydrogen-bond donors (Lipinski definition) is 1. The van der Waals surface area contributed by atoms with Crippen molar-refractivity contribution < 1.29 is 32.2 Å². The maximum Gasteiger partial charge on any atom is 0.416 e. The van der Waals surface area contributed by atoms with Gasteiger partial charge in [-0.15, -0.1) is 0 Å². The van der Waals surface area contributed by atoms with E-state index in [1.807, 2.05) is 0 Å². The van der Waals surface area contributed by atoms with Crippen molar-refractivity contribution in [1.82, 2.24) is 5.32 Å². The summed E-state index contributed by atoms with van der Waals surface area (Å²) in [7, 11) is 0. The van der Waals surface area contributed by atoms with Crippen LogP contribution in [-0.2, 0) is 17.4 Å². The second-order valence-electron chi connectivity index (χ2n) is 6.21. The molecule has 0 bridgehead atoms. The molecule has 1 unspecified atom stereocenters. The Kier molecular flexibility index (Phi) is 6.22. The van der Waals surface area contributed by atoms with Crippen LogP contribution in [0.25, 0.3) is 0 Å². The number of carbonyl (C=O) groups excluding carboxylic acids is 2. The lowest BCUT2D eigenvalue weighted by atomic mass is 10.1. The number of benzene rings is 2. The predicted octanol–water partition coefficient (Wildman–Crippen LogP) is 4.66. The van der Waals surface area contributed by atoms with Crippen LogP contribution in [0.1, 0.15) is 23.6 Å². The first-order valence-electron chi connectivity index (χ1n) is 8.77. The third kappa shape index (κ3) is 4.86. The van der Waals surface area contributed by atoms with Gasteiger partial charge in [0, 0.05) is 6.07 Å². The van der Waals surface area contributed by atoms with Gasteiger partial charge < -0.3 is 9.47 Å². The molecule has 1 heterocycles. The summed E-state index contributed by atoms with van der Waals surface area (Å²) in [6.45, 7) is 2.09. The molecule has 2 aromatic rings. The molecule has 0 radical (unpaired) electrons. The normalized spacial score (nSPS) is 16.2. The smallest absolute Gasteiger partial charge is 0.416 e. The minimum absolute atomic E-state index is 0.0305. The van der Waals surface area contributed by atoms with Gasteiger partial charge in [-0.05, 0) is 43.2 Å². The second-order valence-corrected chi connectivity index (χ2v) is 7.39. The number of halogens is 3. The highest BCUT2D eigenvalue weighted by molar-refractivity contribution is 8.15. The van der Waals surface area contributed by atoms with Crippen LogP contribution in [0.2, 0.25) is 0 Å². The Morgan fingerprint density at radius 1 is 1.17 bits per heavy atom. The number of carbonyl (C=O) groups is 2. The van der Waals surface area contributed by atoms with Crippen LogP contribution in [0.4, 0.5) is 18.0 Å². The maximum atomic E-state index is 12.8. The lowest BCUT2D eigenvalue weighted by Gasteiger charge is -2.15. The molecule has 0 spiro atoms. The summed E-state index contributed by atoms with van der Waals surface area (Å²) >= 11 is 0.896. The fourth-order valence-corrected chi connectivity index (χ4v) is 3.64. The SMILES string of the molecule is CCOc1cc(Oc2ccc(C(F)(F)F)cc2C#N)ccc1CC1SC(=O)NC1=O. The number of nitriles is 1. The van der Waals surface area contributed by atoms with Crippen LogP contribution < -0.4 is 14.8 Å². The van der Waals surface area contributed by atoms with Gasteiger partial charge in [-0.25, -0.2) is 0 Å². The number of alkyl halides is 3. The molecule has 0 saturated carbocycles. The summed E-state index contributed by atoms with van der Waals surface area (Å²) < 4.78 is 49.7. The van der Waals surface area contributed by atoms with E-state index in [0.29, 0.717) is 17.9 Å². The van der Waals surface area contributed by atoms with Crippen molar-refractivity contribution in [3.63, 3.8) is 0 Å². The molecule has 3 rings (SSSR count). The average molecular weight is 436 g/mol. The van der Waals surface area contributed by atoms with Crippen molar-refractivity contribution in [1.29, 1.82) is 5.26 Å². The van der Waals surface area contributed by atoms with Crippen molar-refractivity contribution in [2.75, 3.05) is 6.61 Å². The summed E-state index contributed by atoms with van der Waals surface area (Å²) in [5.41, 5.74) is -0.539. The van der Waals surface area contributed by atoms with Crippen LogP contribution in [0.15, 0.2) is 36.4 Å². The summed E-state index contributed by atoms with van der Waals surface area (Å²) in [5.74, 6) is 0.249. The van der Waals surface area contributed by atoms with Gasteiger partial charge in [0.25, 0.3) is 5.24 Å². The molecule has 1 saturated heterocycles. The lowest BCUT2D eigenvalue weighted by molar-refractivity contribution is -0.137. The van der Waals surface area contributed by atoms with Crippen LogP contribution in [0, 0.1) is 11.3 Å². The number of thioether (sulfide) groups is 1. The van der Waals surface area contributed by atoms with E-state index in [1.54, 1.807) is 25.1 Å². The number of rotatable bonds is 6. The van der Waals surface area contributed by atoms with E-state index < -0.39 is 22.2 Å². The largest absolute Gasteiger partial charge is 0.493 e. The molecule has 0 aromatic heterocycles. The van der Waals surface area contributed by atoms with Gasteiger partial charge in [0.15, 0.2) is 0 Å². The summed E-state index contributed by atoms with van der Waals surface area (Å²) in [6.07, 6.45) is -4.32. The van der Waals surface area contributed by atoms with E-state index in [4.69, 9.17) is 9.47 Å². The number of hydrogen-bond acceptors (Lipinski definition) is 6. The lowest BCUT2D eigenvalue weighted by Crippen LogP contribution is -2.25. The summed E-state index contributed by atoms with van der Waals surface area (Å²) in [5, 5.41) is 10.4. The molecule has 2 aromatic carbocycles. The van der Waals surface area contributed by atoms with E-state index in [-0.39, 0.29) is 29.4 Å². The predicted molar refractivity (Wildman–Crippen MR) is 102 cm³/mol. The van der Waals surface area contributed by atoms with Crippen molar-refractivity contribution in [2.45, 2.75) is 24.8 Å². The fourth-order valence-electron chi connectivity index (χ4n) is 2.79. The summed E-state index contributed by atoms with van der Waals surface area (Å²) in [6, 6.07) is 9.06. The van der Waals surface area contributed by atoms with Crippen LogP contribution >= 0.6 is 11.8 Å². The molecule has 1 aliphatic heterocycles. The highest BCUT2D eigenvalue weighted by atomic mass is 32.2. The van der Waals surface area contributed by atoms with Gasteiger partial charge in [-0.2, -0.15) is 18.4 Å². The molecule has 1 atom stereocenters. The fraction of sp³-hybridized carbons (Fsp3) is 0.250. The molecule has 10 heteroatoms. The molecule has 0 aliphatic carbocycles. The Labute approximate surface area is 174 Å². The van der Waals surface area contributed by atoms with Crippen LogP contribution in [0.5, 0.6) is 17.2 Å². The first kappa shape index (κ1) is 21.5. The zero-order valence-corrected chi connectivity index (χ0v) is 16.4. The Hall–Kier alpha value is -3.19. The van der Waals surface area contributed by atoms with Crippen molar-refractivity contribution >= 4 is 22.9 Å². The van der Waals surface area contributed by atoms with Gasteiger partial charge >= 0.3 is 6.18 Å². The maximum absolute atomic E-state index is 12.8. The molecule has 1 fully saturated rings. The Morgan fingerprint density at radius 3 is 2.53 bits per heavy atom. The zero-order valence-electron chi connectivity index (χ0n) is 15.6. The highest BCUT2D eigenvalue weighted by Crippen LogP contribution is 2.36. The first-order chi connectivity index (χ1) is 14.2. The summed E-state index contributed by atoms with van der Waals surface area (Å²) in [4.78, 5) is 23.2. The molecule has 156 valence electrons. The standard InChI is InChI=1S/C20H15F3N2O4S/c1-2-28-16-9-14(5-3-11(16)8-17-18(26)25-19(27)30-17)29-15-6-4-13(20(21,22)23)7-12(15)10-24/h3-7,9,17H,2,8H2,1H3,(H,25,26,27). The topological polar surface area (TPSA) is 88.4 Å². The van der Waals surface area contributed by atoms with E-state index in [2.05, 4.69) is 5.32 Å². The number of imide groups is 1. The molecule has 2 amide bonds. The Balaban J connectivity index is 1.85. The van der Waals surface area contributed by atoms with E-state index >= 15 is 0 Å². The molecular formula is C20H15F3N2O4S. The van der Waals surface area contributed by atoms with Gasteiger partial charge in [-0.3, -0.25) is 14.9 Å². The molecule has 1 N–H and O–H groups in total. The second kappa shape index (κ2) is 8.67.